The van der Waals surface area contributed by atoms with E-state index >= 15 is 0 Å². The summed E-state index contributed by atoms with van der Waals surface area (Å²) >= 11 is 0. The molecule has 1 fully saturated rings. The van der Waals surface area contributed by atoms with Gasteiger partial charge in [-0.1, -0.05) is 18.2 Å². The van der Waals surface area contributed by atoms with Crippen LogP contribution in [0.25, 0.3) is 5.52 Å². The molecule has 0 bridgehead atoms. The van der Waals surface area contributed by atoms with Gasteiger partial charge in [-0.3, -0.25) is 9.32 Å². The molecule has 17 heteroatoms. The summed E-state index contributed by atoms with van der Waals surface area (Å²) in [7, 11) is -4.53. The maximum Gasteiger partial charge on any atom is 0.459 e. The van der Waals surface area contributed by atoms with Crippen LogP contribution in [0.15, 0.2) is 48.8 Å². The lowest BCUT2D eigenvalue weighted by atomic mass is 9.94. The van der Waals surface area contributed by atoms with Gasteiger partial charge in [-0.05, 0) is 45.0 Å². The molecule has 1 saturated heterocycles. The number of halogens is 3. The van der Waals surface area contributed by atoms with Crippen molar-refractivity contribution in [2.45, 2.75) is 57.2 Å². The summed E-state index contributed by atoms with van der Waals surface area (Å²) < 4.78 is 76.8. The normalized spacial score (nSPS) is 22.9. The highest BCUT2D eigenvalue weighted by Crippen LogP contribution is 2.48. The lowest BCUT2D eigenvalue weighted by molar-refractivity contribution is -0.226. The monoisotopic (exact) mass is 626 g/mol. The van der Waals surface area contributed by atoms with Crippen LogP contribution in [0.5, 0.6) is 5.75 Å². The van der Waals surface area contributed by atoms with E-state index in [9.17, 15) is 32.9 Å². The van der Waals surface area contributed by atoms with Crippen LogP contribution >= 0.6 is 7.75 Å². The predicted molar refractivity (Wildman–Crippen MR) is 144 cm³/mol. The summed E-state index contributed by atoms with van der Waals surface area (Å²) in [6, 6.07) is 11.4. The minimum absolute atomic E-state index is 0.0605. The second-order valence-electron chi connectivity index (χ2n) is 10.6. The van der Waals surface area contributed by atoms with Crippen LogP contribution in [-0.4, -0.2) is 62.8 Å². The number of nitrogens with one attached hydrogen (secondary N) is 1. The second-order valence-corrected chi connectivity index (χ2v) is 12.3. The molecule has 4 rings (SSSR count). The number of nitrogen functional groups attached to an aromatic ring is 1. The summed E-state index contributed by atoms with van der Waals surface area (Å²) in [5.74, 6) is -0.907. The number of hydrogen-bond donors (Lipinski definition) is 3. The van der Waals surface area contributed by atoms with Crippen LogP contribution in [0.3, 0.4) is 0 Å². The molecule has 1 aliphatic rings. The summed E-state index contributed by atoms with van der Waals surface area (Å²) in [5, 5.41) is 27.4. The Hall–Kier alpha value is -3.74. The fourth-order valence-electron chi connectivity index (χ4n) is 4.11. The summed E-state index contributed by atoms with van der Waals surface area (Å²) in [5.41, 5.74) is 2.54. The molecule has 0 radical (unpaired) electrons. The van der Waals surface area contributed by atoms with Crippen molar-refractivity contribution in [1.82, 2.24) is 19.7 Å². The number of fused-ring (bicyclic) bond motifs is 1. The number of esters is 1. The summed E-state index contributed by atoms with van der Waals surface area (Å²) in [6.45, 7) is 1.26. The minimum atomic E-state index is -4.64. The van der Waals surface area contributed by atoms with Gasteiger partial charge < -0.3 is 24.8 Å². The number of nitrogens with zero attached hydrogens (tertiary/aromatic N) is 4. The number of carbonyl (C=O) groups is 1. The van der Waals surface area contributed by atoms with Crippen LogP contribution in [0.1, 0.15) is 39.0 Å². The number of rotatable bonds is 11. The quantitative estimate of drug-likeness (QED) is 0.207. The van der Waals surface area contributed by atoms with E-state index in [0.717, 1.165) is 13.8 Å². The zero-order chi connectivity index (χ0) is 31.6. The highest BCUT2D eigenvalue weighted by atomic mass is 31.2. The van der Waals surface area contributed by atoms with Crippen molar-refractivity contribution < 1.29 is 46.2 Å². The van der Waals surface area contributed by atoms with Gasteiger partial charge in [0.1, 0.15) is 49.0 Å². The molecule has 43 heavy (non-hydrogen) atoms. The fraction of sp³-hybridized carbons (Fsp3) is 0.462. The third kappa shape index (κ3) is 7.09. The van der Waals surface area contributed by atoms with Gasteiger partial charge in [0.2, 0.25) is 0 Å². The van der Waals surface area contributed by atoms with Crippen molar-refractivity contribution in [3.05, 3.63) is 54.5 Å². The van der Waals surface area contributed by atoms with E-state index < -0.39 is 62.4 Å². The molecule has 0 spiro atoms. The maximum absolute atomic E-state index is 13.9. The van der Waals surface area contributed by atoms with Gasteiger partial charge in [-0.2, -0.15) is 28.6 Å². The van der Waals surface area contributed by atoms with Gasteiger partial charge in [0.15, 0.2) is 11.4 Å². The number of anilines is 1. The van der Waals surface area contributed by atoms with Gasteiger partial charge >= 0.3 is 19.9 Å². The lowest BCUT2D eigenvalue weighted by Crippen LogP contribution is -2.41. The van der Waals surface area contributed by atoms with Crippen LogP contribution in [0.2, 0.25) is 0 Å². The van der Waals surface area contributed by atoms with E-state index in [1.54, 1.807) is 30.3 Å². The topological polar surface area (TPSA) is 183 Å². The standard InChI is InChI=1S/C26H30F3N6O7P/c1-16(23(37)39-13-24(2,3)26(27,28)29)34-43(38,42-17-7-5-4-6-8-17)40-14-25(12-30)11-20(36)21(41-25)18-9-10-19-22(31)32-15-33-35(18)19/h4-10,15-16,20-21,36H,11,13-14H2,1-3H3,(H,34,38)(H2,31,32,33)/t16-,20+,21-,25+,43?/m0/s1. The Morgan fingerprint density at radius 3 is 2.67 bits per heavy atom. The molecule has 5 atom stereocenters. The SMILES string of the molecule is C[C@H](NP(=O)(OC[C@]1(C#N)C[C@@H](O)[C@H](c2ccc3c(N)ncnn23)O1)Oc1ccccc1)C(=O)OCC(C)(C)C(F)(F)F. The van der Waals surface area contributed by atoms with E-state index in [1.165, 1.54) is 29.9 Å². The third-order valence-electron chi connectivity index (χ3n) is 6.73. The number of nitrogens with two attached hydrogens (primary N) is 1. The van der Waals surface area contributed by atoms with Crippen LogP contribution < -0.4 is 15.3 Å². The van der Waals surface area contributed by atoms with Crippen molar-refractivity contribution in [1.29, 1.82) is 5.26 Å². The lowest BCUT2D eigenvalue weighted by Gasteiger charge is -2.29. The first-order chi connectivity index (χ1) is 20.1. The van der Waals surface area contributed by atoms with Crippen molar-refractivity contribution in [2.75, 3.05) is 18.9 Å². The fourth-order valence-corrected chi connectivity index (χ4v) is 5.64. The Labute approximate surface area is 244 Å². The number of ether oxygens (including phenoxy) is 2. The van der Waals surface area contributed by atoms with E-state index in [4.69, 9.17) is 24.3 Å². The Kier molecular flexibility index (Phi) is 9.05. The van der Waals surface area contributed by atoms with Crippen molar-refractivity contribution in [3.63, 3.8) is 0 Å². The summed E-state index contributed by atoms with van der Waals surface area (Å²) in [6.07, 6.45) is -5.97. The van der Waals surface area contributed by atoms with Crippen LogP contribution in [-0.2, 0) is 23.4 Å². The largest absolute Gasteiger partial charge is 0.464 e. The number of hydrogen-bond acceptors (Lipinski definition) is 11. The van der Waals surface area contributed by atoms with E-state index in [0.29, 0.717) is 11.2 Å². The molecule has 0 aliphatic carbocycles. The van der Waals surface area contributed by atoms with E-state index in [1.807, 2.05) is 6.07 Å². The van der Waals surface area contributed by atoms with E-state index in [2.05, 4.69) is 15.2 Å². The molecule has 3 aromatic rings. The molecule has 2 aromatic heterocycles. The molecule has 4 N–H and O–H groups in total. The van der Waals surface area contributed by atoms with Crippen molar-refractivity contribution >= 4 is 25.1 Å². The first-order valence-electron chi connectivity index (χ1n) is 12.9. The van der Waals surface area contributed by atoms with Crippen LogP contribution in [0.4, 0.5) is 19.0 Å². The number of carbonyl (C=O) groups excluding carboxylic acids is 1. The molecule has 1 unspecified atom stereocenters. The van der Waals surface area contributed by atoms with Gasteiger partial charge in [0, 0.05) is 6.42 Å². The molecule has 1 aliphatic heterocycles. The zero-order valence-electron chi connectivity index (χ0n) is 23.3. The second kappa shape index (κ2) is 12.1. The molecule has 0 amide bonds. The number of aliphatic hydroxyl groups is 1. The van der Waals surface area contributed by atoms with Crippen LogP contribution in [0, 0.1) is 16.7 Å². The predicted octanol–water partition coefficient (Wildman–Crippen LogP) is 3.71. The molecular weight excluding hydrogens is 596 g/mol. The van der Waals surface area contributed by atoms with Crippen molar-refractivity contribution in [2.24, 2.45) is 5.41 Å². The first-order valence-corrected chi connectivity index (χ1v) is 14.5. The van der Waals surface area contributed by atoms with Crippen molar-refractivity contribution in [3.8, 4) is 11.8 Å². The number of benzene rings is 1. The van der Waals surface area contributed by atoms with E-state index in [-0.39, 0.29) is 18.0 Å². The Morgan fingerprint density at radius 2 is 2.02 bits per heavy atom. The Balaban J connectivity index is 1.51. The van der Waals surface area contributed by atoms with Gasteiger partial charge in [-0.15, -0.1) is 0 Å². The Bertz CT molecular complexity index is 1550. The highest BCUT2D eigenvalue weighted by molar-refractivity contribution is 7.52. The van der Waals surface area contributed by atoms with Gasteiger partial charge in [0.25, 0.3) is 0 Å². The number of para-hydroxylation sites is 1. The molecule has 13 nitrogen and oxygen atoms in total. The molecule has 1 aromatic carbocycles. The van der Waals surface area contributed by atoms with Gasteiger partial charge in [-0.25, -0.2) is 14.1 Å². The molecule has 232 valence electrons. The number of nitriles is 1. The maximum atomic E-state index is 13.9. The number of aromatic nitrogens is 3. The molecule has 3 heterocycles. The molecule has 0 saturated carbocycles. The average Bonchev–Trinajstić information content (AvgIpc) is 3.52. The summed E-state index contributed by atoms with van der Waals surface area (Å²) in [4.78, 5) is 16.5. The highest BCUT2D eigenvalue weighted by Gasteiger charge is 2.51. The minimum Gasteiger partial charge on any atom is -0.464 e. The smallest absolute Gasteiger partial charge is 0.459 e. The average molecular weight is 627 g/mol. The zero-order valence-corrected chi connectivity index (χ0v) is 24.2. The first kappa shape index (κ1) is 32.2. The molecular formula is C26H30F3N6O7P. The Morgan fingerprint density at radius 1 is 1.33 bits per heavy atom. The third-order valence-corrected chi connectivity index (χ3v) is 8.36. The number of alkyl halides is 3. The van der Waals surface area contributed by atoms with Gasteiger partial charge in [0.05, 0.1) is 17.2 Å². The number of aliphatic hydroxyl groups excluding tert-OH is 1.